The normalized spacial score (nSPS) is 11.5. The van der Waals surface area contributed by atoms with Crippen LogP contribution in [0.5, 0.6) is 11.5 Å². The Balaban J connectivity index is 2.84. The van der Waals surface area contributed by atoms with Gasteiger partial charge in [0.15, 0.2) is 11.5 Å². The molecule has 0 fully saturated rings. The maximum Gasteiger partial charge on any atom is 0.315 e. The molecule has 116 valence electrons. The highest BCUT2D eigenvalue weighted by Gasteiger charge is 2.17. The van der Waals surface area contributed by atoms with Crippen molar-refractivity contribution < 1.29 is 18.7 Å². The molecule has 1 rings (SSSR count). The Morgan fingerprint density at radius 1 is 1.33 bits per heavy atom. The highest BCUT2D eigenvalue weighted by atomic mass is 19.1. The van der Waals surface area contributed by atoms with E-state index in [0.29, 0.717) is 23.6 Å². The Labute approximate surface area is 124 Å². The van der Waals surface area contributed by atoms with E-state index in [1.54, 1.807) is 13.8 Å². The first-order valence-corrected chi connectivity index (χ1v) is 6.49. The molecule has 0 spiro atoms. The Hall–Kier alpha value is -2.24. The van der Waals surface area contributed by atoms with Gasteiger partial charge in [-0.15, -0.1) is 0 Å². The van der Waals surface area contributed by atoms with E-state index in [4.69, 9.17) is 9.47 Å². The fourth-order valence-corrected chi connectivity index (χ4v) is 1.76. The Morgan fingerprint density at radius 2 is 1.90 bits per heavy atom. The van der Waals surface area contributed by atoms with Gasteiger partial charge in [0, 0.05) is 18.2 Å². The van der Waals surface area contributed by atoms with Gasteiger partial charge in [-0.1, -0.05) is 12.2 Å². The second kappa shape index (κ2) is 7.52. The minimum absolute atomic E-state index is 0.303. The fraction of sp³-hybridized carbons (Fsp3) is 0.400. The first kappa shape index (κ1) is 16.8. The summed E-state index contributed by atoms with van der Waals surface area (Å²) in [5.41, 5.74) is 1.15. The van der Waals surface area contributed by atoms with Crippen LogP contribution in [0.4, 0.5) is 9.18 Å². The molecule has 0 aliphatic carbocycles. The highest BCUT2D eigenvalue weighted by molar-refractivity contribution is 5.74. The molecule has 2 amide bonds. The summed E-state index contributed by atoms with van der Waals surface area (Å²) in [6.45, 7) is 7.54. The number of ether oxygens (including phenoxy) is 2. The zero-order valence-corrected chi connectivity index (χ0v) is 12.7. The third-order valence-corrected chi connectivity index (χ3v) is 2.87. The molecule has 0 saturated heterocycles. The third kappa shape index (κ3) is 4.66. The standard InChI is InChI=1S/C15H21FN2O3/c1-9(2)8-17-15(19)18-10(3)11-6-13(20-4)14(21-5)7-12(11)16/h6-7,10H,1,8H2,2-5H3,(H2,17,18,19). The number of hydrogen-bond donors (Lipinski definition) is 2. The molecule has 0 aliphatic heterocycles. The molecule has 6 heteroatoms. The number of carbonyl (C=O) groups excluding carboxylic acids is 1. The van der Waals surface area contributed by atoms with E-state index in [0.717, 1.165) is 5.57 Å². The van der Waals surface area contributed by atoms with Crippen molar-refractivity contribution in [2.75, 3.05) is 20.8 Å². The first-order valence-electron chi connectivity index (χ1n) is 6.49. The summed E-state index contributed by atoms with van der Waals surface area (Å²) < 4.78 is 24.2. The van der Waals surface area contributed by atoms with Crippen LogP contribution in [-0.2, 0) is 0 Å². The Kier molecular flexibility index (Phi) is 6.02. The SMILES string of the molecule is C=C(C)CNC(=O)NC(C)c1cc(OC)c(OC)cc1F. The number of benzene rings is 1. The molecule has 0 radical (unpaired) electrons. The van der Waals surface area contributed by atoms with Crippen molar-refractivity contribution >= 4 is 6.03 Å². The zero-order chi connectivity index (χ0) is 16.0. The Bertz CT molecular complexity index is 532. The van der Waals surface area contributed by atoms with Crippen LogP contribution >= 0.6 is 0 Å². The molecule has 21 heavy (non-hydrogen) atoms. The van der Waals surface area contributed by atoms with E-state index in [1.807, 2.05) is 0 Å². The molecular formula is C15H21FN2O3. The number of hydrogen-bond acceptors (Lipinski definition) is 3. The molecule has 1 unspecified atom stereocenters. The van der Waals surface area contributed by atoms with Crippen LogP contribution in [0, 0.1) is 5.82 Å². The number of amides is 2. The predicted molar refractivity (Wildman–Crippen MR) is 79.3 cm³/mol. The van der Waals surface area contributed by atoms with Gasteiger partial charge in [0.05, 0.1) is 20.3 Å². The van der Waals surface area contributed by atoms with Gasteiger partial charge < -0.3 is 20.1 Å². The van der Waals surface area contributed by atoms with E-state index in [1.165, 1.54) is 26.4 Å². The molecule has 1 atom stereocenters. The van der Waals surface area contributed by atoms with Crippen LogP contribution < -0.4 is 20.1 Å². The van der Waals surface area contributed by atoms with Gasteiger partial charge in [-0.05, 0) is 19.9 Å². The van der Waals surface area contributed by atoms with Crippen LogP contribution in [0.3, 0.4) is 0 Å². The van der Waals surface area contributed by atoms with Crippen LogP contribution in [0.15, 0.2) is 24.3 Å². The van der Waals surface area contributed by atoms with Crippen LogP contribution in [0.1, 0.15) is 25.5 Å². The average Bonchev–Trinajstić information content (AvgIpc) is 2.44. The molecule has 1 aromatic carbocycles. The van der Waals surface area contributed by atoms with Gasteiger partial charge in [0.1, 0.15) is 5.82 Å². The van der Waals surface area contributed by atoms with Crippen LogP contribution in [0.25, 0.3) is 0 Å². The molecule has 0 bridgehead atoms. The predicted octanol–water partition coefficient (Wildman–Crippen LogP) is 2.78. The van der Waals surface area contributed by atoms with Gasteiger partial charge in [-0.2, -0.15) is 0 Å². The number of halogens is 1. The monoisotopic (exact) mass is 296 g/mol. The second-order valence-corrected chi connectivity index (χ2v) is 4.73. The number of nitrogens with one attached hydrogen (secondary N) is 2. The van der Waals surface area contributed by atoms with E-state index in [9.17, 15) is 9.18 Å². The third-order valence-electron chi connectivity index (χ3n) is 2.87. The average molecular weight is 296 g/mol. The lowest BCUT2D eigenvalue weighted by molar-refractivity contribution is 0.238. The smallest absolute Gasteiger partial charge is 0.315 e. The van der Waals surface area contributed by atoms with Crippen molar-refractivity contribution in [1.29, 1.82) is 0 Å². The van der Waals surface area contributed by atoms with Crippen molar-refractivity contribution in [2.45, 2.75) is 19.9 Å². The summed E-state index contributed by atoms with van der Waals surface area (Å²) in [5, 5.41) is 5.28. The first-order chi connectivity index (χ1) is 9.88. The maximum atomic E-state index is 14.0. The molecule has 0 saturated carbocycles. The molecule has 0 heterocycles. The van der Waals surface area contributed by atoms with Crippen molar-refractivity contribution in [1.82, 2.24) is 10.6 Å². The van der Waals surface area contributed by atoms with E-state index >= 15 is 0 Å². The Morgan fingerprint density at radius 3 is 2.43 bits per heavy atom. The molecule has 1 aromatic rings. The quantitative estimate of drug-likeness (QED) is 0.794. The summed E-state index contributed by atoms with van der Waals surface area (Å²) in [6, 6.07) is 1.84. The lowest BCUT2D eigenvalue weighted by Crippen LogP contribution is -2.37. The van der Waals surface area contributed by atoms with E-state index in [2.05, 4.69) is 17.2 Å². The highest BCUT2D eigenvalue weighted by Crippen LogP contribution is 2.32. The number of rotatable bonds is 6. The fourth-order valence-electron chi connectivity index (χ4n) is 1.76. The topological polar surface area (TPSA) is 59.6 Å². The molecule has 0 aliphatic rings. The largest absolute Gasteiger partial charge is 0.493 e. The molecular weight excluding hydrogens is 275 g/mol. The number of urea groups is 1. The van der Waals surface area contributed by atoms with Gasteiger partial charge in [0.2, 0.25) is 0 Å². The van der Waals surface area contributed by atoms with Crippen molar-refractivity contribution in [3.8, 4) is 11.5 Å². The van der Waals surface area contributed by atoms with Crippen molar-refractivity contribution in [3.05, 3.63) is 35.7 Å². The molecule has 0 aromatic heterocycles. The second-order valence-electron chi connectivity index (χ2n) is 4.73. The summed E-state index contributed by atoms with van der Waals surface area (Å²) >= 11 is 0. The van der Waals surface area contributed by atoms with Gasteiger partial charge in [0.25, 0.3) is 0 Å². The van der Waals surface area contributed by atoms with E-state index in [-0.39, 0.29) is 6.03 Å². The summed E-state index contributed by atoms with van der Waals surface area (Å²) in [5.74, 6) is 0.239. The van der Waals surface area contributed by atoms with Gasteiger partial charge >= 0.3 is 6.03 Å². The summed E-state index contributed by atoms with van der Waals surface area (Å²) in [6.07, 6.45) is 0. The number of methoxy groups -OCH3 is 2. The summed E-state index contributed by atoms with van der Waals surface area (Å²) in [4.78, 5) is 11.7. The minimum atomic E-state index is -0.519. The lowest BCUT2D eigenvalue weighted by Gasteiger charge is -2.18. The molecule has 5 nitrogen and oxygen atoms in total. The van der Waals surface area contributed by atoms with E-state index < -0.39 is 11.9 Å². The van der Waals surface area contributed by atoms with Gasteiger partial charge in [-0.25, -0.2) is 9.18 Å². The lowest BCUT2D eigenvalue weighted by atomic mass is 10.1. The van der Waals surface area contributed by atoms with Crippen LogP contribution in [0.2, 0.25) is 0 Å². The minimum Gasteiger partial charge on any atom is -0.493 e. The van der Waals surface area contributed by atoms with Crippen molar-refractivity contribution in [3.63, 3.8) is 0 Å². The van der Waals surface area contributed by atoms with Crippen molar-refractivity contribution in [2.24, 2.45) is 0 Å². The zero-order valence-electron chi connectivity index (χ0n) is 12.7. The molecule has 2 N–H and O–H groups in total. The number of carbonyl (C=O) groups is 1. The van der Waals surface area contributed by atoms with Gasteiger partial charge in [-0.3, -0.25) is 0 Å². The summed E-state index contributed by atoms with van der Waals surface area (Å²) in [7, 11) is 2.90. The maximum absolute atomic E-state index is 14.0. The van der Waals surface area contributed by atoms with Crippen LogP contribution in [-0.4, -0.2) is 26.8 Å².